The monoisotopic (exact) mass is 370 g/mol. The zero-order valence-corrected chi connectivity index (χ0v) is 15.9. The van der Waals surface area contributed by atoms with Crippen LogP contribution >= 0.6 is 0 Å². The van der Waals surface area contributed by atoms with Gasteiger partial charge in [0.25, 0.3) is 0 Å². The minimum atomic E-state index is -0.665. The molecular weight excluding hydrogens is 347 g/mol. The Morgan fingerprint density at radius 1 is 1.11 bits per heavy atom. The molecule has 2 aromatic carbocycles. The molecule has 0 fully saturated rings. The summed E-state index contributed by atoms with van der Waals surface area (Å²) in [6, 6.07) is 13.6. The molecule has 0 saturated carbocycles. The number of aromatic nitrogens is 1. The summed E-state index contributed by atoms with van der Waals surface area (Å²) in [5.74, 6) is 0.252. The van der Waals surface area contributed by atoms with Crippen molar-refractivity contribution in [1.29, 1.82) is 0 Å². The van der Waals surface area contributed by atoms with Crippen LogP contribution in [0.2, 0.25) is 0 Å². The zero-order chi connectivity index (χ0) is 19.6. The number of rotatable bonds is 4. The van der Waals surface area contributed by atoms with E-state index in [9.17, 15) is 9.18 Å². The molecule has 0 atom stereocenters. The lowest BCUT2D eigenvalue weighted by molar-refractivity contribution is 0.0535. The van der Waals surface area contributed by atoms with E-state index in [1.165, 1.54) is 16.7 Å². The quantitative estimate of drug-likeness (QED) is 0.687. The van der Waals surface area contributed by atoms with E-state index < -0.39 is 17.5 Å². The van der Waals surface area contributed by atoms with Crippen molar-refractivity contribution in [3.05, 3.63) is 60.0 Å². The number of hydrogen-bond donors (Lipinski definition) is 1. The van der Waals surface area contributed by atoms with Gasteiger partial charge >= 0.3 is 6.09 Å². The first-order valence-electron chi connectivity index (χ1n) is 8.71. The Kier molecular flexibility index (Phi) is 5.08. The average molecular weight is 370 g/mol. The lowest BCUT2D eigenvalue weighted by Crippen LogP contribution is -2.28. The Morgan fingerprint density at radius 3 is 2.44 bits per heavy atom. The van der Waals surface area contributed by atoms with Crippen molar-refractivity contribution in [3.63, 3.8) is 0 Å². The number of hydrogen-bond acceptors (Lipinski definition) is 4. The van der Waals surface area contributed by atoms with Crippen LogP contribution in [0.25, 0.3) is 10.9 Å². The molecule has 0 aliphatic rings. The number of fused-ring (bicyclic) bond motifs is 1. The Morgan fingerprint density at radius 2 is 1.81 bits per heavy atom. The second-order valence-corrected chi connectivity index (χ2v) is 7.22. The van der Waals surface area contributed by atoms with Gasteiger partial charge in [0, 0.05) is 18.1 Å². The fourth-order valence-electron chi connectivity index (χ4n) is 2.74. The highest BCUT2D eigenvalue weighted by atomic mass is 19.1. The average Bonchev–Trinajstić information content (AvgIpc) is 2.96. The van der Waals surface area contributed by atoms with Gasteiger partial charge in [0.15, 0.2) is 0 Å². The Labute approximate surface area is 157 Å². The highest BCUT2D eigenvalue weighted by Crippen LogP contribution is 2.24. The number of benzene rings is 2. The summed E-state index contributed by atoms with van der Waals surface area (Å²) >= 11 is 0. The normalized spacial score (nSPS) is 11.4. The summed E-state index contributed by atoms with van der Waals surface area (Å²) in [5.41, 5.74) is 1.35. The molecule has 142 valence electrons. The molecule has 0 spiro atoms. The van der Waals surface area contributed by atoms with Crippen LogP contribution < -0.4 is 10.1 Å². The van der Waals surface area contributed by atoms with E-state index in [2.05, 4.69) is 5.32 Å². The van der Waals surface area contributed by atoms with Crippen molar-refractivity contribution < 1.29 is 18.7 Å². The topological polar surface area (TPSA) is 52.5 Å². The van der Waals surface area contributed by atoms with E-state index in [0.717, 1.165) is 11.1 Å². The van der Waals surface area contributed by atoms with Crippen molar-refractivity contribution in [2.24, 2.45) is 0 Å². The summed E-state index contributed by atoms with van der Waals surface area (Å²) in [6.07, 6.45) is -0.563. The molecule has 27 heavy (non-hydrogen) atoms. The van der Waals surface area contributed by atoms with E-state index in [0.29, 0.717) is 17.0 Å². The van der Waals surface area contributed by atoms with Crippen molar-refractivity contribution in [1.82, 2.24) is 4.57 Å². The number of nitrogens with one attached hydrogen (secondary N) is 1. The molecule has 0 amide bonds. The third-order valence-corrected chi connectivity index (χ3v) is 3.95. The fraction of sp³-hybridized carbons (Fsp3) is 0.286. The zero-order valence-electron chi connectivity index (χ0n) is 15.9. The number of carbonyl (C=O) groups is 1. The Balaban J connectivity index is 1.93. The molecule has 0 unspecified atom stereocenters. The molecule has 1 heterocycles. The molecular formula is C21H23FN2O3. The Hall–Kier alpha value is -3.02. The lowest BCUT2D eigenvalue weighted by atomic mass is 10.2. The van der Waals surface area contributed by atoms with Crippen LogP contribution in [0.4, 0.5) is 14.9 Å². The first-order valence-corrected chi connectivity index (χ1v) is 8.71. The first-order chi connectivity index (χ1) is 12.8. The standard InChI is InChI=1S/C21H23FN2O3/c1-21(2,3)27-20(25)24-17(11-14-5-6-15(22)12-19(14)24)13-26-18-9-7-16(23-4)8-10-18/h5-12,23H,13H2,1-4H3. The van der Waals surface area contributed by atoms with E-state index in [1.54, 1.807) is 32.9 Å². The van der Waals surface area contributed by atoms with Crippen LogP contribution in [0.15, 0.2) is 48.5 Å². The van der Waals surface area contributed by atoms with Gasteiger partial charge < -0.3 is 14.8 Å². The summed E-state index contributed by atoms with van der Waals surface area (Å²) in [4.78, 5) is 12.7. The van der Waals surface area contributed by atoms with Crippen molar-refractivity contribution in [3.8, 4) is 5.75 Å². The molecule has 5 nitrogen and oxygen atoms in total. The number of nitrogens with zero attached hydrogens (tertiary/aromatic N) is 1. The predicted octanol–water partition coefficient (Wildman–Crippen LogP) is 5.18. The van der Waals surface area contributed by atoms with Crippen LogP contribution in [0, 0.1) is 5.82 Å². The lowest BCUT2D eigenvalue weighted by Gasteiger charge is -2.21. The first kappa shape index (κ1) is 18.8. The third kappa shape index (κ3) is 4.39. The number of anilines is 1. The molecule has 0 aliphatic carbocycles. The van der Waals surface area contributed by atoms with Crippen molar-refractivity contribution in [2.75, 3.05) is 12.4 Å². The van der Waals surface area contributed by atoms with Gasteiger partial charge in [0.05, 0.1) is 11.2 Å². The van der Waals surface area contributed by atoms with E-state index >= 15 is 0 Å². The summed E-state index contributed by atoms with van der Waals surface area (Å²) in [6.45, 7) is 5.51. The van der Waals surface area contributed by atoms with Gasteiger partial charge in [-0.25, -0.2) is 13.8 Å². The maximum atomic E-state index is 13.7. The van der Waals surface area contributed by atoms with Crippen LogP contribution in [0.1, 0.15) is 26.5 Å². The van der Waals surface area contributed by atoms with Gasteiger partial charge in [-0.2, -0.15) is 0 Å². The second-order valence-electron chi connectivity index (χ2n) is 7.22. The second kappa shape index (κ2) is 7.31. The van der Waals surface area contributed by atoms with E-state index in [-0.39, 0.29) is 6.61 Å². The maximum absolute atomic E-state index is 13.7. The molecule has 0 saturated heterocycles. The Bertz CT molecular complexity index is 956. The SMILES string of the molecule is CNc1ccc(OCc2cc3ccc(F)cc3n2C(=O)OC(C)(C)C)cc1. The number of carbonyl (C=O) groups excluding carboxylic acids is 1. The third-order valence-electron chi connectivity index (χ3n) is 3.95. The number of halogens is 1. The van der Waals surface area contributed by atoms with Crippen LogP contribution in [0.3, 0.4) is 0 Å². The highest BCUT2D eigenvalue weighted by molar-refractivity contribution is 5.91. The van der Waals surface area contributed by atoms with Crippen LogP contribution in [-0.4, -0.2) is 23.3 Å². The van der Waals surface area contributed by atoms with Crippen molar-refractivity contribution >= 4 is 22.7 Å². The fourth-order valence-corrected chi connectivity index (χ4v) is 2.74. The van der Waals surface area contributed by atoms with Gasteiger partial charge in [-0.1, -0.05) is 0 Å². The van der Waals surface area contributed by atoms with Crippen LogP contribution in [0.5, 0.6) is 5.75 Å². The molecule has 6 heteroatoms. The molecule has 0 bridgehead atoms. The molecule has 0 radical (unpaired) electrons. The largest absolute Gasteiger partial charge is 0.487 e. The predicted molar refractivity (Wildman–Crippen MR) is 104 cm³/mol. The summed E-state index contributed by atoms with van der Waals surface area (Å²) in [7, 11) is 1.84. The van der Waals surface area contributed by atoms with Gasteiger partial charge in [-0.05, 0) is 69.3 Å². The van der Waals surface area contributed by atoms with E-state index in [4.69, 9.17) is 9.47 Å². The van der Waals surface area contributed by atoms with Crippen LogP contribution in [-0.2, 0) is 11.3 Å². The molecule has 0 aliphatic heterocycles. The summed E-state index contributed by atoms with van der Waals surface area (Å²) in [5, 5.41) is 3.78. The van der Waals surface area contributed by atoms with E-state index in [1.807, 2.05) is 31.3 Å². The molecule has 1 aromatic heterocycles. The van der Waals surface area contributed by atoms with Gasteiger partial charge in [-0.15, -0.1) is 0 Å². The smallest absolute Gasteiger partial charge is 0.419 e. The summed E-state index contributed by atoms with van der Waals surface area (Å²) < 4.78 is 26.4. The maximum Gasteiger partial charge on any atom is 0.419 e. The van der Waals surface area contributed by atoms with Gasteiger partial charge in [-0.3, -0.25) is 0 Å². The van der Waals surface area contributed by atoms with Crippen molar-refractivity contribution in [2.45, 2.75) is 33.0 Å². The molecule has 1 N–H and O–H groups in total. The number of ether oxygens (including phenoxy) is 2. The minimum absolute atomic E-state index is 0.147. The molecule has 3 rings (SSSR count). The molecule has 3 aromatic rings. The highest BCUT2D eigenvalue weighted by Gasteiger charge is 2.22. The van der Waals surface area contributed by atoms with Gasteiger partial charge in [0.1, 0.15) is 23.8 Å². The minimum Gasteiger partial charge on any atom is -0.487 e. The van der Waals surface area contributed by atoms with Gasteiger partial charge in [0.2, 0.25) is 0 Å².